The Hall–Kier alpha value is -1.75. The van der Waals surface area contributed by atoms with E-state index >= 15 is 0 Å². The van der Waals surface area contributed by atoms with Gasteiger partial charge in [-0.05, 0) is 41.8 Å². The van der Waals surface area contributed by atoms with Gasteiger partial charge in [0.05, 0.1) is 16.0 Å². The lowest BCUT2D eigenvalue weighted by Crippen LogP contribution is -2.52. The standard InChI is InChI=1S/C20H22Cl2N2O2/c1-13-7-14(9-24-10-16(11-24)20(25)23-2)4-6-19(13)26-12-15-3-5-17(21)18(22)8-15/h3-8,16H,9-12H2,1-2H3,(H,23,25). The van der Waals surface area contributed by atoms with Gasteiger partial charge in [0.1, 0.15) is 12.4 Å². The molecule has 1 saturated heterocycles. The second kappa shape index (κ2) is 8.30. The second-order valence-corrected chi connectivity index (χ2v) is 7.46. The molecule has 0 unspecified atom stereocenters. The first-order valence-corrected chi connectivity index (χ1v) is 9.32. The monoisotopic (exact) mass is 392 g/mol. The van der Waals surface area contributed by atoms with Crippen LogP contribution in [0.15, 0.2) is 36.4 Å². The summed E-state index contributed by atoms with van der Waals surface area (Å²) in [6, 6.07) is 11.7. The molecule has 1 heterocycles. The largest absolute Gasteiger partial charge is 0.489 e. The molecule has 0 aromatic heterocycles. The number of hydrogen-bond acceptors (Lipinski definition) is 3. The second-order valence-electron chi connectivity index (χ2n) is 6.64. The van der Waals surface area contributed by atoms with Gasteiger partial charge in [0.2, 0.25) is 5.91 Å². The number of carbonyl (C=O) groups excluding carboxylic acids is 1. The van der Waals surface area contributed by atoms with Gasteiger partial charge in [-0.2, -0.15) is 0 Å². The van der Waals surface area contributed by atoms with Crippen molar-refractivity contribution in [2.75, 3.05) is 20.1 Å². The summed E-state index contributed by atoms with van der Waals surface area (Å²) in [6.45, 7) is 4.96. The van der Waals surface area contributed by atoms with Crippen LogP contribution in [0.2, 0.25) is 10.0 Å². The molecule has 0 atom stereocenters. The minimum atomic E-state index is 0.120. The molecule has 4 nitrogen and oxygen atoms in total. The van der Waals surface area contributed by atoms with Crippen LogP contribution in [0.5, 0.6) is 5.75 Å². The fraction of sp³-hybridized carbons (Fsp3) is 0.350. The van der Waals surface area contributed by atoms with Crippen molar-refractivity contribution in [3.63, 3.8) is 0 Å². The van der Waals surface area contributed by atoms with Crippen LogP contribution in [0.25, 0.3) is 0 Å². The molecule has 6 heteroatoms. The Morgan fingerprint density at radius 3 is 2.54 bits per heavy atom. The minimum Gasteiger partial charge on any atom is -0.489 e. The van der Waals surface area contributed by atoms with Gasteiger partial charge in [-0.25, -0.2) is 0 Å². The molecule has 0 saturated carbocycles. The van der Waals surface area contributed by atoms with E-state index in [-0.39, 0.29) is 11.8 Å². The lowest BCUT2D eigenvalue weighted by molar-refractivity contribution is -0.129. The number of amides is 1. The van der Waals surface area contributed by atoms with Crippen LogP contribution in [0.3, 0.4) is 0 Å². The topological polar surface area (TPSA) is 41.6 Å². The molecule has 0 aliphatic carbocycles. The normalized spacial score (nSPS) is 14.8. The lowest BCUT2D eigenvalue weighted by atomic mass is 9.98. The van der Waals surface area contributed by atoms with Crippen molar-refractivity contribution in [2.45, 2.75) is 20.1 Å². The summed E-state index contributed by atoms with van der Waals surface area (Å²) in [6.07, 6.45) is 0. The molecule has 2 aromatic rings. The predicted molar refractivity (Wildman–Crippen MR) is 105 cm³/mol. The van der Waals surface area contributed by atoms with Gasteiger partial charge in [-0.1, -0.05) is 41.4 Å². The van der Waals surface area contributed by atoms with E-state index < -0.39 is 0 Å². The number of aryl methyl sites for hydroxylation is 1. The zero-order valence-electron chi connectivity index (χ0n) is 14.9. The Kier molecular flexibility index (Phi) is 6.07. The highest BCUT2D eigenvalue weighted by Crippen LogP contribution is 2.26. The third-order valence-electron chi connectivity index (χ3n) is 4.60. The Morgan fingerprint density at radius 2 is 1.88 bits per heavy atom. The van der Waals surface area contributed by atoms with Crippen molar-refractivity contribution in [3.8, 4) is 5.75 Å². The molecule has 3 rings (SSSR count). The maximum absolute atomic E-state index is 11.5. The lowest BCUT2D eigenvalue weighted by Gasteiger charge is -2.38. The molecule has 2 aromatic carbocycles. The van der Waals surface area contributed by atoms with Gasteiger partial charge in [0.25, 0.3) is 0 Å². The van der Waals surface area contributed by atoms with Crippen molar-refractivity contribution >= 4 is 29.1 Å². The Morgan fingerprint density at radius 1 is 1.15 bits per heavy atom. The number of halogens is 2. The van der Waals surface area contributed by atoms with E-state index in [1.807, 2.05) is 25.1 Å². The fourth-order valence-corrected chi connectivity index (χ4v) is 3.41. The molecule has 1 aliphatic heterocycles. The first-order chi connectivity index (χ1) is 12.5. The summed E-state index contributed by atoms with van der Waals surface area (Å²) in [5.74, 6) is 1.10. The first-order valence-electron chi connectivity index (χ1n) is 8.56. The van der Waals surface area contributed by atoms with Crippen molar-refractivity contribution in [1.29, 1.82) is 0 Å². The zero-order valence-corrected chi connectivity index (χ0v) is 16.4. The third-order valence-corrected chi connectivity index (χ3v) is 5.34. The number of benzene rings is 2. The van der Waals surface area contributed by atoms with Crippen LogP contribution >= 0.6 is 23.2 Å². The highest BCUT2D eigenvalue weighted by atomic mass is 35.5. The average molecular weight is 393 g/mol. The smallest absolute Gasteiger partial charge is 0.225 e. The van der Waals surface area contributed by atoms with Crippen molar-refractivity contribution < 1.29 is 9.53 Å². The minimum absolute atomic E-state index is 0.120. The summed E-state index contributed by atoms with van der Waals surface area (Å²) >= 11 is 12.0. The molecule has 1 amide bonds. The summed E-state index contributed by atoms with van der Waals surface area (Å²) in [5, 5.41) is 3.78. The average Bonchev–Trinajstić information content (AvgIpc) is 2.59. The van der Waals surface area contributed by atoms with Gasteiger partial charge in [0.15, 0.2) is 0 Å². The quantitative estimate of drug-likeness (QED) is 0.805. The number of nitrogens with zero attached hydrogens (tertiary/aromatic N) is 1. The molecule has 0 radical (unpaired) electrons. The molecule has 1 fully saturated rings. The molecular formula is C20H22Cl2N2O2. The Bertz CT molecular complexity index is 804. The Balaban J connectivity index is 1.54. The van der Waals surface area contributed by atoms with E-state index in [4.69, 9.17) is 27.9 Å². The number of nitrogens with one attached hydrogen (secondary N) is 1. The molecule has 1 aliphatic rings. The van der Waals surface area contributed by atoms with Gasteiger partial charge >= 0.3 is 0 Å². The van der Waals surface area contributed by atoms with Crippen molar-refractivity contribution in [3.05, 3.63) is 63.1 Å². The van der Waals surface area contributed by atoms with Crippen LogP contribution in [0.4, 0.5) is 0 Å². The molecular weight excluding hydrogens is 371 g/mol. The third kappa shape index (κ3) is 4.50. The van der Waals surface area contributed by atoms with E-state index in [0.29, 0.717) is 16.7 Å². The van der Waals surface area contributed by atoms with Crippen molar-refractivity contribution in [1.82, 2.24) is 10.2 Å². The van der Waals surface area contributed by atoms with Gasteiger partial charge in [0, 0.05) is 26.7 Å². The van der Waals surface area contributed by atoms with E-state index in [0.717, 1.165) is 36.5 Å². The highest BCUT2D eigenvalue weighted by Gasteiger charge is 2.31. The summed E-state index contributed by atoms with van der Waals surface area (Å²) in [4.78, 5) is 13.8. The Labute approximate surface area is 164 Å². The van der Waals surface area contributed by atoms with E-state index in [1.165, 1.54) is 5.56 Å². The van der Waals surface area contributed by atoms with E-state index in [2.05, 4.69) is 22.3 Å². The zero-order chi connectivity index (χ0) is 18.7. The van der Waals surface area contributed by atoms with Crippen LogP contribution in [0.1, 0.15) is 16.7 Å². The van der Waals surface area contributed by atoms with Gasteiger partial charge in [-0.3, -0.25) is 9.69 Å². The highest BCUT2D eigenvalue weighted by molar-refractivity contribution is 6.42. The van der Waals surface area contributed by atoms with Crippen LogP contribution in [0, 0.1) is 12.8 Å². The SMILES string of the molecule is CNC(=O)C1CN(Cc2ccc(OCc3ccc(Cl)c(Cl)c3)c(C)c2)C1. The number of carbonyl (C=O) groups is 1. The predicted octanol–water partition coefficient (Wildman–Crippen LogP) is 4.06. The summed E-state index contributed by atoms with van der Waals surface area (Å²) in [5.41, 5.74) is 3.29. The first kappa shape index (κ1) is 19.0. The number of ether oxygens (including phenoxy) is 1. The molecule has 0 spiro atoms. The molecule has 138 valence electrons. The fourth-order valence-electron chi connectivity index (χ4n) is 3.09. The van der Waals surface area contributed by atoms with Gasteiger partial charge < -0.3 is 10.1 Å². The number of hydrogen-bond donors (Lipinski definition) is 1. The van der Waals surface area contributed by atoms with Crippen LogP contribution < -0.4 is 10.1 Å². The summed E-state index contributed by atoms with van der Waals surface area (Å²) < 4.78 is 5.91. The molecule has 0 bridgehead atoms. The van der Waals surface area contributed by atoms with Crippen LogP contribution in [-0.2, 0) is 17.9 Å². The maximum Gasteiger partial charge on any atom is 0.225 e. The number of likely N-dealkylation sites (tertiary alicyclic amines) is 1. The molecule has 26 heavy (non-hydrogen) atoms. The van der Waals surface area contributed by atoms with Crippen LogP contribution in [-0.4, -0.2) is 30.9 Å². The van der Waals surface area contributed by atoms with Gasteiger partial charge in [-0.15, -0.1) is 0 Å². The summed E-state index contributed by atoms with van der Waals surface area (Å²) in [7, 11) is 1.69. The maximum atomic E-state index is 11.5. The van der Waals surface area contributed by atoms with E-state index in [1.54, 1.807) is 13.1 Å². The van der Waals surface area contributed by atoms with Crippen molar-refractivity contribution in [2.24, 2.45) is 5.92 Å². The number of rotatable bonds is 6. The molecule has 1 N–H and O–H groups in total. The van der Waals surface area contributed by atoms with E-state index in [9.17, 15) is 4.79 Å².